The van der Waals surface area contributed by atoms with E-state index < -0.39 is 53.8 Å². The molecule has 8 atom stereocenters. The first kappa shape index (κ1) is 20.8. The Balaban J connectivity index is 1.77. The minimum Gasteiger partial charge on any atom is -0.466 e. The fourth-order valence-corrected chi connectivity index (χ4v) is 3.98. The molecule has 30 heavy (non-hydrogen) atoms. The molecule has 0 radical (unpaired) electrons. The number of epoxide rings is 2. The molecule has 0 saturated carbocycles. The first-order chi connectivity index (χ1) is 14.1. The van der Waals surface area contributed by atoms with E-state index in [1.165, 1.54) is 13.2 Å². The van der Waals surface area contributed by atoms with E-state index in [-0.39, 0.29) is 23.4 Å². The lowest BCUT2D eigenvalue weighted by molar-refractivity contribution is -0.165. The normalized spacial score (nSPS) is 45.6. The molecule has 162 valence electrons. The van der Waals surface area contributed by atoms with Crippen molar-refractivity contribution in [3.63, 3.8) is 0 Å². The van der Waals surface area contributed by atoms with Crippen LogP contribution in [0.15, 0.2) is 35.5 Å². The summed E-state index contributed by atoms with van der Waals surface area (Å²) in [5.74, 6) is -3.09. The molecule has 1 unspecified atom stereocenters. The zero-order chi connectivity index (χ0) is 22.0. The molecule has 3 fully saturated rings. The van der Waals surface area contributed by atoms with Gasteiger partial charge in [-0.2, -0.15) is 0 Å². The van der Waals surface area contributed by atoms with Crippen molar-refractivity contribution in [2.24, 2.45) is 5.92 Å². The fraction of sp³-hybridized carbons (Fsp3) is 0.571. The number of aliphatic hydroxyl groups is 1. The highest BCUT2D eigenvalue weighted by Crippen LogP contribution is 2.42. The van der Waals surface area contributed by atoms with Gasteiger partial charge in [-0.3, -0.25) is 0 Å². The van der Waals surface area contributed by atoms with E-state index in [2.05, 4.69) is 6.58 Å². The molecule has 0 aromatic carbocycles. The smallest absolute Gasteiger partial charge is 0.341 e. The van der Waals surface area contributed by atoms with E-state index >= 15 is 0 Å². The van der Waals surface area contributed by atoms with Gasteiger partial charge in [0.1, 0.15) is 30.5 Å². The summed E-state index contributed by atoms with van der Waals surface area (Å²) in [7, 11) is 1.18. The Morgan fingerprint density at radius 2 is 1.93 bits per heavy atom. The van der Waals surface area contributed by atoms with Gasteiger partial charge in [-0.05, 0) is 38.5 Å². The van der Waals surface area contributed by atoms with E-state index in [1.807, 2.05) is 6.92 Å². The largest absolute Gasteiger partial charge is 0.466 e. The van der Waals surface area contributed by atoms with Gasteiger partial charge in [-0.25, -0.2) is 14.4 Å². The summed E-state index contributed by atoms with van der Waals surface area (Å²) in [4.78, 5) is 37.5. The van der Waals surface area contributed by atoms with Crippen LogP contribution in [0.1, 0.15) is 20.8 Å². The summed E-state index contributed by atoms with van der Waals surface area (Å²) >= 11 is 0. The van der Waals surface area contributed by atoms with Crippen LogP contribution in [0.2, 0.25) is 0 Å². The van der Waals surface area contributed by atoms with Gasteiger partial charge in [0.15, 0.2) is 5.60 Å². The maximum absolute atomic E-state index is 12.8. The maximum atomic E-state index is 12.8. The van der Waals surface area contributed by atoms with E-state index in [1.54, 1.807) is 19.9 Å². The Labute approximate surface area is 173 Å². The van der Waals surface area contributed by atoms with Crippen LogP contribution < -0.4 is 0 Å². The number of carbonyl (C=O) groups excluding carboxylic acids is 3. The molecule has 0 spiro atoms. The highest BCUT2D eigenvalue weighted by molar-refractivity contribution is 5.93. The van der Waals surface area contributed by atoms with Crippen molar-refractivity contribution >= 4 is 17.9 Å². The Hall–Kier alpha value is -2.49. The molecule has 3 aliphatic heterocycles. The first-order valence-corrected chi connectivity index (χ1v) is 9.69. The summed E-state index contributed by atoms with van der Waals surface area (Å²) in [6.45, 7) is 8.86. The summed E-state index contributed by atoms with van der Waals surface area (Å²) in [5, 5.41) is 11.1. The fourth-order valence-electron chi connectivity index (χ4n) is 3.98. The minimum absolute atomic E-state index is 0.0360. The molecule has 9 heteroatoms. The molecule has 0 aromatic rings. The summed E-state index contributed by atoms with van der Waals surface area (Å²) in [6, 6.07) is 0. The standard InChI is InChI=1S/C21H24O9/c1-8-6-12-14(9(2)18(23)28-12)17(29-20(25)21(4)10(3)30-21)15(22)11(19(24)26-5)7-13-16(8)27-13/h6-7,10,12-17,22H,2H2,1,3-5H3/b8-6+,11-7+/t10-,12?,13-,14+,15+,16+,17+,21-/m1/s1. The lowest BCUT2D eigenvalue weighted by Crippen LogP contribution is -2.46. The Bertz CT molecular complexity index is 887. The van der Waals surface area contributed by atoms with Crippen LogP contribution in [0.5, 0.6) is 0 Å². The van der Waals surface area contributed by atoms with Crippen molar-refractivity contribution in [3.05, 3.63) is 35.5 Å². The van der Waals surface area contributed by atoms with Crippen molar-refractivity contribution in [2.75, 3.05) is 7.11 Å². The second-order valence-electron chi connectivity index (χ2n) is 8.15. The Morgan fingerprint density at radius 1 is 1.27 bits per heavy atom. The van der Waals surface area contributed by atoms with Crippen molar-refractivity contribution in [3.8, 4) is 0 Å². The number of aliphatic hydroxyl groups excluding tert-OH is 1. The van der Waals surface area contributed by atoms with Gasteiger partial charge < -0.3 is 28.8 Å². The number of methoxy groups -OCH3 is 1. The second kappa shape index (κ2) is 7.04. The molecule has 1 N–H and O–H groups in total. The highest BCUT2D eigenvalue weighted by atomic mass is 16.7. The number of hydrogen-bond donors (Lipinski definition) is 1. The molecular weight excluding hydrogens is 396 g/mol. The third kappa shape index (κ3) is 3.27. The van der Waals surface area contributed by atoms with Crippen LogP contribution in [0.4, 0.5) is 0 Å². The van der Waals surface area contributed by atoms with Crippen molar-refractivity contribution < 1.29 is 43.2 Å². The zero-order valence-electron chi connectivity index (χ0n) is 17.1. The third-order valence-corrected chi connectivity index (χ3v) is 6.20. The lowest BCUT2D eigenvalue weighted by Gasteiger charge is -2.31. The summed E-state index contributed by atoms with van der Waals surface area (Å²) < 4.78 is 26.8. The van der Waals surface area contributed by atoms with Crippen LogP contribution in [-0.2, 0) is 38.1 Å². The number of fused-ring (bicyclic) bond motifs is 2. The first-order valence-electron chi connectivity index (χ1n) is 9.69. The lowest BCUT2D eigenvalue weighted by atomic mass is 9.83. The second-order valence-corrected chi connectivity index (χ2v) is 8.15. The van der Waals surface area contributed by atoms with E-state index in [0.717, 1.165) is 5.57 Å². The van der Waals surface area contributed by atoms with Crippen LogP contribution in [-0.4, -0.2) is 72.3 Å². The molecule has 0 amide bonds. The monoisotopic (exact) mass is 420 g/mol. The minimum atomic E-state index is -1.60. The molecule has 0 aromatic heterocycles. The van der Waals surface area contributed by atoms with Crippen molar-refractivity contribution in [1.82, 2.24) is 0 Å². The van der Waals surface area contributed by atoms with Gasteiger partial charge >= 0.3 is 17.9 Å². The SMILES string of the molecule is C=C1C(=O)OC2/C=C(\C)[C@@H]3O[C@@H]3/C=C(/C(=O)OC)[C@H](O)[C@@H](OC(=O)[C@]3(C)O[C@@H]3C)[C@@H]12. The highest BCUT2D eigenvalue weighted by Gasteiger charge is 2.59. The van der Waals surface area contributed by atoms with Gasteiger partial charge in [-0.15, -0.1) is 0 Å². The number of carbonyl (C=O) groups is 3. The van der Waals surface area contributed by atoms with Gasteiger partial charge in [0.05, 0.1) is 24.7 Å². The van der Waals surface area contributed by atoms with Crippen LogP contribution in [0.3, 0.4) is 0 Å². The van der Waals surface area contributed by atoms with Crippen LogP contribution >= 0.6 is 0 Å². The average molecular weight is 420 g/mol. The number of esters is 3. The maximum Gasteiger partial charge on any atom is 0.341 e. The third-order valence-electron chi connectivity index (χ3n) is 6.20. The van der Waals surface area contributed by atoms with Crippen molar-refractivity contribution in [2.45, 2.75) is 63.0 Å². The molecule has 3 saturated heterocycles. The Morgan fingerprint density at radius 3 is 2.53 bits per heavy atom. The zero-order valence-corrected chi connectivity index (χ0v) is 17.1. The number of hydrogen-bond acceptors (Lipinski definition) is 9. The molecule has 4 rings (SSSR count). The molecule has 9 nitrogen and oxygen atoms in total. The average Bonchev–Trinajstić information content (AvgIpc) is 3.58. The van der Waals surface area contributed by atoms with E-state index in [4.69, 9.17) is 23.7 Å². The van der Waals surface area contributed by atoms with Gasteiger partial charge in [-0.1, -0.05) is 6.58 Å². The topological polar surface area (TPSA) is 124 Å². The Kier molecular flexibility index (Phi) is 4.87. The van der Waals surface area contributed by atoms with Gasteiger partial charge in [0.25, 0.3) is 0 Å². The quantitative estimate of drug-likeness (QED) is 0.227. The summed E-state index contributed by atoms with van der Waals surface area (Å²) in [5.41, 5.74) is -0.473. The van der Waals surface area contributed by atoms with E-state index in [9.17, 15) is 19.5 Å². The van der Waals surface area contributed by atoms with Crippen LogP contribution in [0, 0.1) is 5.92 Å². The number of rotatable bonds is 3. The summed E-state index contributed by atoms with van der Waals surface area (Å²) in [6.07, 6.45) is -1.75. The molecule has 4 aliphatic rings. The van der Waals surface area contributed by atoms with Gasteiger partial charge in [0.2, 0.25) is 0 Å². The molecule has 3 heterocycles. The van der Waals surface area contributed by atoms with E-state index in [0.29, 0.717) is 0 Å². The van der Waals surface area contributed by atoms with Crippen LogP contribution in [0.25, 0.3) is 0 Å². The molecular formula is C21H24O9. The predicted octanol–water partition coefficient (Wildman–Crippen LogP) is 0.361. The number of ether oxygens (including phenoxy) is 5. The molecule has 0 bridgehead atoms. The molecule has 1 aliphatic carbocycles. The predicted molar refractivity (Wildman–Crippen MR) is 99.9 cm³/mol. The van der Waals surface area contributed by atoms with Crippen molar-refractivity contribution in [1.29, 1.82) is 0 Å². The van der Waals surface area contributed by atoms with Gasteiger partial charge in [0, 0.05) is 5.57 Å².